The number of aromatic nitrogens is 1. The second-order valence-corrected chi connectivity index (χ2v) is 5.18. The van der Waals surface area contributed by atoms with Crippen LogP contribution >= 0.6 is 0 Å². The van der Waals surface area contributed by atoms with Crippen LogP contribution in [0.4, 0.5) is 0 Å². The van der Waals surface area contributed by atoms with Gasteiger partial charge in [0.1, 0.15) is 11.5 Å². The van der Waals surface area contributed by atoms with Crippen molar-refractivity contribution in [2.75, 3.05) is 13.2 Å². The molecule has 0 atom stereocenters. The topological polar surface area (TPSA) is 57.4 Å². The van der Waals surface area contributed by atoms with Crippen LogP contribution < -0.4 is 15.2 Å². The van der Waals surface area contributed by atoms with Gasteiger partial charge in [0, 0.05) is 30.3 Å². The van der Waals surface area contributed by atoms with E-state index in [1.54, 1.807) is 6.20 Å². The summed E-state index contributed by atoms with van der Waals surface area (Å²) in [4.78, 5) is 4.28. The van der Waals surface area contributed by atoms with E-state index in [1.165, 1.54) is 5.56 Å². The molecule has 0 unspecified atom stereocenters. The molecule has 0 bridgehead atoms. The summed E-state index contributed by atoms with van der Waals surface area (Å²) in [5.41, 5.74) is 10.3. The smallest absolute Gasteiger partial charge is 0.138 e. The van der Waals surface area contributed by atoms with Crippen LogP contribution in [-0.2, 0) is 13.0 Å². The fourth-order valence-corrected chi connectivity index (χ4v) is 2.58. The van der Waals surface area contributed by atoms with Crippen LogP contribution in [0.25, 0.3) is 11.1 Å². The van der Waals surface area contributed by atoms with Gasteiger partial charge in [-0.25, -0.2) is 0 Å². The molecular formula is C17H20N2O2. The molecule has 0 radical (unpaired) electrons. The maximum Gasteiger partial charge on any atom is 0.138 e. The number of hydrogen-bond acceptors (Lipinski definition) is 4. The van der Waals surface area contributed by atoms with E-state index in [0.29, 0.717) is 13.2 Å². The zero-order valence-corrected chi connectivity index (χ0v) is 12.3. The summed E-state index contributed by atoms with van der Waals surface area (Å²) in [5.74, 6) is 1.77. The number of pyridine rings is 1. The number of nitrogens with two attached hydrogens (primary N) is 1. The molecule has 1 aliphatic rings. The Labute approximate surface area is 124 Å². The van der Waals surface area contributed by atoms with Crippen molar-refractivity contribution < 1.29 is 9.47 Å². The summed E-state index contributed by atoms with van der Waals surface area (Å²) in [5, 5.41) is 0. The van der Waals surface area contributed by atoms with Gasteiger partial charge < -0.3 is 15.2 Å². The number of nitrogens with zero attached hydrogens (tertiary/aromatic N) is 1. The molecule has 3 rings (SSSR count). The standard InChI is InChI=1S/C17H20N2O2/c1-2-4-20-16-8-15(10-19-11-16)13-6-12-3-5-21-17(12)14(7-13)9-18/h6-8,10-11H,2-5,9,18H2,1H3. The van der Waals surface area contributed by atoms with Gasteiger partial charge in [-0.15, -0.1) is 0 Å². The van der Waals surface area contributed by atoms with Crippen molar-refractivity contribution in [3.05, 3.63) is 41.7 Å². The number of ether oxygens (including phenoxy) is 2. The lowest BCUT2D eigenvalue weighted by atomic mass is 9.99. The molecule has 4 nitrogen and oxygen atoms in total. The SMILES string of the molecule is CCCOc1cncc(-c2cc(CN)c3c(c2)CCO3)c1. The van der Waals surface area contributed by atoms with E-state index in [-0.39, 0.29) is 0 Å². The first kappa shape index (κ1) is 13.9. The second-order valence-electron chi connectivity index (χ2n) is 5.18. The Bertz CT molecular complexity index is 641. The maximum absolute atomic E-state index is 5.85. The Kier molecular flexibility index (Phi) is 4.06. The van der Waals surface area contributed by atoms with E-state index >= 15 is 0 Å². The van der Waals surface area contributed by atoms with E-state index < -0.39 is 0 Å². The van der Waals surface area contributed by atoms with Crippen molar-refractivity contribution in [3.8, 4) is 22.6 Å². The van der Waals surface area contributed by atoms with E-state index in [0.717, 1.165) is 47.6 Å². The maximum atomic E-state index is 5.85. The Hall–Kier alpha value is -2.07. The zero-order valence-electron chi connectivity index (χ0n) is 12.3. The van der Waals surface area contributed by atoms with Crippen LogP contribution in [-0.4, -0.2) is 18.2 Å². The van der Waals surface area contributed by atoms with Gasteiger partial charge in [0.2, 0.25) is 0 Å². The highest BCUT2D eigenvalue weighted by Gasteiger charge is 2.17. The average molecular weight is 284 g/mol. The summed E-state index contributed by atoms with van der Waals surface area (Å²) in [7, 11) is 0. The molecule has 2 aromatic rings. The van der Waals surface area contributed by atoms with Crippen molar-refractivity contribution in [1.29, 1.82) is 0 Å². The predicted octanol–water partition coefficient (Wildman–Crippen LogP) is 2.93. The van der Waals surface area contributed by atoms with Gasteiger partial charge in [0.05, 0.1) is 19.4 Å². The molecule has 21 heavy (non-hydrogen) atoms. The number of hydrogen-bond donors (Lipinski definition) is 1. The lowest BCUT2D eigenvalue weighted by Gasteiger charge is -2.11. The highest BCUT2D eigenvalue weighted by Crippen LogP contribution is 2.35. The molecule has 0 amide bonds. The van der Waals surface area contributed by atoms with Crippen molar-refractivity contribution in [2.45, 2.75) is 26.3 Å². The minimum absolute atomic E-state index is 0.482. The molecule has 110 valence electrons. The monoisotopic (exact) mass is 284 g/mol. The zero-order chi connectivity index (χ0) is 14.7. The quantitative estimate of drug-likeness (QED) is 0.917. The van der Waals surface area contributed by atoms with Gasteiger partial charge >= 0.3 is 0 Å². The summed E-state index contributed by atoms with van der Waals surface area (Å²) in [6, 6.07) is 6.29. The molecular weight excluding hydrogens is 264 g/mol. The van der Waals surface area contributed by atoms with Gasteiger partial charge in [0.25, 0.3) is 0 Å². The minimum Gasteiger partial charge on any atom is -0.493 e. The number of benzene rings is 1. The predicted molar refractivity (Wildman–Crippen MR) is 82.5 cm³/mol. The van der Waals surface area contributed by atoms with Crippen molar-refractivity contribution in [3.63, 3.8) is 0 Å². The number of rotatable bonds is 5. The van der Waals surface area contributed by atoms with Crippen molar-refractivity contribution in [2.24, 2.45) is 5.73 Å². The lowest BCUT2D eigenvalue weighted by molar-refractivity contribution is 0.316. The third kappa shape index (κ3) is 2.85. The third-order valence-electron chi connectivity index (χ3n) is 3.60. The molecule has 0 saturated carbocycles. The largest absolute Gasteiger partial charge is 0.493 e. The van der Waals surface area contributed by atoms with Gasteiger partial charge in [0.15, 0.2) is 0 Å². The van der Waals surface area contributed by atoms with E-state index in [4.69, 9.17) is 15.2 Å². The molecule has 2 heterocycles. The highest BCUT2D eigenvalue weighted by atomic mass is 16.5. The Balaban J connectivity index is 1.97. The Morgan fingerprint density at radius 1 is 1.24 bits per heavy atom. The Morgan fingerprint density at radius 2 is 2.14 bits per heavy atom. The van der Waals surface area contributed by atoms with Crippen LogP contribution in [0.15, 0.2) is 30.6 Å². The molecule has 0 fully saturated rings. The molecule has 4 heteroatoms. The van der Waals surface area contributed by atoms with Crippen molar-refractivity contribution >= 4 is 0 Å². The fourth-order valence-electron chi connectivity index (χ4n) is 2.58. The van der Waals surface area contributed by atoms with E-state index in [1.807, 2.05) is 12.3 Å². The summed E-state index contributed by atoms with van der Waals surface area (Å²) >= 11 is 0. The second kappa shape index (κ2) is 6.14. The van der Waals surface area contributed by atoms with Crippen LogP contribution in [0.2, 0.25) is 0 Å². The highest BCUT2D eigenvalue weighted by molar-refractivity contribution is 5.68. The summed E-state index contributed by atoms with van der Waals surface area (Å²) in [6.07, 6.45) is 5.53. The van der Waals surface area contributed by atoms with Gasteiger partial charge in [-0.05, 0) is 35.7 Å². The molecule has 1 aromatic heterocycles. The molecule has 1 aliphatic heterocycles. The molecule has 2 N–H and O–H groups in total. The van der Waals surface area contributed by atoms with E-state index in [9.17, 15) is 0 Å². The first-order valence-electron chi connectivity index (χ1n) is 7.38. The normalized spacial score (nSPS) is 12.9. The summed E-state index contributed by atoms with van der Waals surface area (Å²) < 4.78 is 11.3. The summed E-state index contributed by atoms with van der Waals surface area (Å²) in [6.45, 7) is 4.02. The van der Waals surface area contributed by atoms with E-state index in [2.05, 4.69) is 24.0 Å². The van der Waals surface area contributed by atoms with Gasteiger partial charge in [-0.1, -0.05) is 6.92 Å². The average Bonchev–Trinajstić information content (AvgIpc) is 3.00. The number of fused-ring (bicyclic) bond motifs is 1. The van der Waals surface area contributed by atoms with Gasteiger partial charge in [-0.3, -0.25) is 4.98 Å². The molecule has 0 aliphatic carbocycles. The van der Waals surface area contributed by atoms with Gasteiger partial charge in [-0.2, -0.15) is 0 Å². The Morgan fingerprint density at radius 3 is 2.95 bits per heavy atom. The first-order valence-corrected chi connectivity index (χ1v) is 7.38. The third-order valence-corrected chi connectivity index (χ3v) is 3.60. The van der Waals surface area contributed by atoms with Crippen LogP contribution in [0, 0.1) is 0 Å². The van der Waals surface area contributed by atoms with Crippen molar-refractivity contribution in [1.82, 2.24) is 4.98 Å². The van der Waals surface area contributed by atoms with Crippen LogP contribution in [0.5, 0.6) is 11.5 Å². The minimum atomic E-state index is 0.482. The molecule has 0 saturated heterocycles. The van der Waals surface area contributed by atoms with Crippen LogP contribution in [0.1, 0.15) is 24.5 Å². The molecule has 1 aromatic carbocycles. The first-order chi connectivity index (χ1) is 10.3. The lowest BCUT2D eigenvalue weighted by Crippen LogP contribution is -2.00. The molecule has 0 spiro atoms. The van der Waals surface area contributed by atoms with Crippen LogP contribution in [0.3, 0.4) is 0 Å². The fraction of sp³-hybridized carbons (Fsp3) is 0.353.